The van der Waals surface area contributed by atoms with Gasteiger partial charge in [0.15, 0.2) is 0 Å². The van der Waals surface area contributed by atoms with E-state index in [1.165, 1.54) is 12.1 Å². The summed E-state index contributed by atoms with van der Waals surface area (Å²) in [7, 11) is 0. The van der Waals surface area contributed by atoms with Crippen LogP contribution in [-0.4, -0.2) is 23.4 Å². The molecule has 0 aliphatic heterocycles. The zero-order valence-corrected chi connectivity index (χ0v) is 11.5. The highest BCUT2D eigenvalue weighted by molar-refractivity contribution is 5.85. The predicted octanol–water partition coefficient (Wildman–Crippen LogP) is 2.58. The molecule has 1 saturated carbocycles. The number of benzene rings is 1. The van der Waals surface area contributed by atoms with Crippen LogP contribution in [0.2, 0.25) is 0 Å². The van der Waals surface area contributed by atoms with Crippen LogP contribution in [0.15, 0.2) is 24.3 Å². The van der Waals surface area contributed by atoms with Gasteiger partial charge < -0.3 is 10.6 Å². The minimum atomic E-state index is -4.33. The monoisotopic (exact) mass is 308 g/mol. The zero-order valence-electron chi connectivity index (χ0n) is 10.7. The molecular weight excluding hydrogens is 293 g/mol. The Kier molecular flexibility index (Phi) is 5.42. The van der Waals surface area contributed by atoms with Crippen molar-refractivity contribution in [3.8, 4) is 0 Å². The molecule has 0 spiro atoms. The van der Waals surface area contributed by atoms with Gasteiger partial charge in [0.2, 0.25) is 5.91 Å². The largest absolute Gasteiger partial charge is 0.416 e. The molecule has 7 heteroatoms. The van der Waals surface area contributed by atoms with Gasteiger partial charge >= 0.3 is 6.18 Å². The Bertz CT molecular complexity index is 458. The SMILES string of the molecule is Cl.NCC(=O)N(Cc1ccc(C(F)(F)F)cc1)C1CC1. The van der Waals surface area contributed by atoms with Crippen molar-refractivity contribution in [3.05, 3.63) is 35.4 Å². The van der Waals surface area contributed by atoms with E-state index in [0.29, 0.717) is 12.1 Å². The number of halogens is 4. The van der Waals surface area contributed by atoms with Gasteiger partial charge in [-0.1, -0.05) is 12.1 Å². The molecule has 1 fully saturated rings. The Labute approximate surface area is 121 Å². The normalized spacial score (nSPS) is 14.6. The average Bonchev–Trinajstić information content (AvgIpc) is 3.19. The smallest absolute Gasteiger partial charge is 0.334 e. The molecule has 0 aromatic heterocycles. The minimum absolute atomic E-state index is 0. The molecule has 3 nitrogen and oxygen atoms in total. The van der Waals surface area contributed by atoms with Gasteiger partial charge in [-0.3, -0.25) is 4.79 Å². The summed E-state index contributed by atoms with van der Waals surface area (Å²) in [6.45, 7) is 0.246. The first-order valence-electron chi connectivity index (χ1n) is 6.07. The van der Waals surface area contributed by atoms with Crippen LogP contribution in [0.5, 0.6) is 0 Å². The Balaban J connectivity index is 0.00000200. The Morgan fingerprint density at radius 1 is 1.25 bits per heavy atom. The molecule has 0 atom stereocenters. The molecule has 2 N–H and O–H groups in total. The molecule has 1 aromatic rings. The van der Waals surface area contributed by atoms with E-state index >= 15 is 0 Å². The van der Waals surface area contributed by atoms with Gasteiger partial charge in [-0.15, -0.1) is 12.4 Å². The van der Waals surface area contributed by atoms with E-state index in [1.54, 1.807) is 4.90 Å². The number of carbonyl (C=O) groups is 1. The molecule has 1 amide bonds. The van der Waals surface area contributed by atoms with Crippen LogP contribution >= 0.6 is 12.4 Å². The maximum Gasteiger partial charge on any atom is 0.416 e. The number of alkyl halides is 3. The molecule has 0 radical (unpaired) electrons. The summed E-state index contributed by atoms with van der Waals surface area (Å²) in [5.74, 6) is -0.164. The van der Waals surface area contributed by atoms with Crippen LogP contribution in [-0.2, 0) is 17.5 Å². The summed E-state index contributed by atoms with van der Waals surface area (Å²) in [6, 6.07) is 5.07. The van der Waals surface area contributed by atoms with Crippen LogP contribution in [0.3, 0.4) is 0 Å². The fourth-order valence-corrected chi connectivity index (χ4v) is 1.92. The lowest BCUT2D eigenvalue weighted by Gasteiger charge is -2.22. The lowest BCUT2D eigenvalue weighted by molar-refractivity contribution is -0.137. The summed E-state index contributed by atoms with van der Waals surface area (Å²) in [5, 5.41) is 0. The van der Waals surface area contributed by atoms with Crippen molar-refractivity contribution < 1.29 is 18.0 Å². The molecule has 1 aliphatic carbocycles. The van der Waals surface area contributed by atoms with Crippen molar-refractivity contribution in [3.63, 3.8) is 0 Å². The van der Waals surface area contributed by atoms with Gasteiger partial charge in [0.05, 0.1) is 12.1 Å². The van der Waals surface area contributed by atoms with Gasteiger partial charge in [-0.05, 0) is 30.5 Å². The number of hydrogen-bond acceptors (Lipinski definition) is 2. The van der Waals surface area contributed by atoms with Crippen molar-refractivity contribution in [2.75, 3.05) is 6.54 Å². The maximum absolute atomic E-state index is 12.4. The number of amides is 1. The summed E-state index contributed by atoms with van der Waals surface area (Å²) in [5.41, 5.74) is 5.33. The van der Waals surface area contributed by atoms with Crippen LogP contribution in [0.1, 0.15) is 24.0 Å². The quantitative estimate of drug-likeness (QED) is 0.929. The second-order valence-electron chi connectivity index (χ2n) is 4.65. The summed E-state index contributed by atoms with van der Waals surface area (Å²) >= 11 is 0. The van der Waals surface area contributed by atoms with Crippen molar-refractivity contribution in [1.82, 2.24) is 4.90 Å². The third-order valence-corrected chi connectivity index (χ3v) is 3.12. The molecule has 112 valence electrons. The molecule has 1 aliphatic rings. The molecule has 0 unspecified atom stereocenters. The predicted molar refractivity (Wildman–Crippen MR) is 71.3 cm³/mol. The fraction of sp³-hybridized carbons (Fsp3) is 0.462. The molecule has 2 rings (SSSR count). The van der Waals surface area contributed by atoms with Crippen molar-refractivity contribution >= 4 is 18.3 Å². The molecule has 1 aromatic carbocycles. The minimum Gasteiger partial charge on any atom is -0.334 e. The average molecular weight is 309 g/mol. The number of nitrogens with two attached hydrogens (primary N) is 1. The van der Waals surface area contributed by atoms with Crippen LogP contribution in [0.4, 0.5) is 13.2 Å². The third-order valence-electron chi connectivity index (χ3n) is 3.12. The highest BCUT2D eigenvalue weighted by Crippen LogP contribution is 2.31. The van der Waals surface area contributed by atoms with Crippen LogP contribution in [0.25, 0.3) is 0 Å². The van der Waals surface area contributed by atoms with Gasteiger partial charge in [0, 0.05) is 12.6 Å². The molecular formula is C13H16ClF3N2O. The number of rotatable bonds is 4. The van der Waals surface area contributed by atoms with Gasteiger partial charge in [0.1, 0.15) is 0 Å². The van der Waals surface area contributed by atoms with Crippen molar-refractivity contribution in [2.45, 2.75) is 31.6 Å². The number of hydrogen-bond donors (Lipinski definition) is 1. The Morgan fingerprint density at radius 3 is 2.20 bits per heavy atom. The Hall–Kier alpha value is -1.27. The third kappa shape index (κ3) is 4.11. The van der Waals surface area contributed by atoms with Gasteiger partial charge in [0.25, 0.3) is 0 Å². The zero-order chi connectivity index (χ0) is 14.0. The second-order valence-corrected chi connectivity index (χ2v) is 4.65. The Morgan fingerprint density at radius 2 is 1.80 bits per heavy atom. The molecule has 0 saturated heterocycles. The van der Waals surface area contributed by atoms with E-state index in [1.807, 2.05) is 0 Å². The van der Waals surface area contributed by atoms with Crippen molar-refractivity contribution in [1.29, 1.82) is 0 Å². The first-order chi connectivity index (χ1) is 8.91. The highest BCUT2D eigenvalue weighted by atomic mass is 35.5. The topological polar surface area (TPSA) is 46.3 Å². The molecule has 0 bridgehead atoms. The van der Waals surface area contributed by atoms with E-state index in [4.69, 9.17) is 5.73 Å². The lowest BCUT2D eigenvalue weighted by atomic mass is 10.1. The molecule has 0 heterocycles. The first-order valence-corrected chi connectivity index (χ1v) is 6.07. The summed E-state index contributed by atoms with van der Waals surface area (Å²) in [4.78, 5) is 13.3. The second kappa shape index (κ2) is 6.45. The molecule has 20 heavy (non-hydrogen) atoms. The standard InChI is InChI=1S/C13H15F3N2O.ClH/c14-13(15,16)10-3-1-9(2-4-10)8-18(11-5-6-11)12(19)7-17;/h1-4,11H,5-8,17H2;1H. The highest BCUT2D eigenvalue weighted by Gasteiger charge is 2.32. The van der Waals surface area contributed by atoms with E-state index < -0.39 is 11.7 Å². The lowest BCUT2D eigenvalue weighted by Crippen LogP contribution is -2.37. The van der Waals surface area contributed by atoms with E-state index in [2.05, 4.69) is 0 Å². The number of nitrogens with zero attached hydrogens (tertiary/aromatic N) is 1. The fourth-order valence-electron chi connectivity index (χ4n) is 1.92. The van der Waals surface area contributed by atoms with E-state index in [0.717, 1.165) is 25.0 Å². The van der Waals surface area contributed by atoms with Gasteiger partial charge in [-0.2, -0.15) is 13.2 Å². The van der Waals surface area contributed by atoms with E-state index in [-0.39, 0.29) is 30.9 Å². The van der Waals surface area contributed by atoms with Crippen LogP contribution in [0, 0.1) is 0 Å². The summed E-state index contributed by atoms with van der Waals surface area (Å²) < 4.78 is 37.3. The maximum atomic E-state index is 12.4. The number of carbonyl (C=O) groups excluding carboxylic acids is 1. The first kappa shape index (κ1) is 16.8. The van der Waals surface area contributed by atoms with Gasteiger partial charge in [-0.25, -0.2) is 0 Å². The van der Waals surface area contributed by atoms with E-state index in [9.17, 15) is 18.0 Å². The summed E-state index contributed by atoms with van der Waals surface area (Å²) in [6.07, 6.45) is -2.46. The van der Waals surface area contributed by atoms with Crippen LogP contribution < -0.4 is 5.73 Å². The van der Waals surface area contributed by atoms with Crippen molar-refractivity contribution in [2.24, 2.45) is 5.73 Å².